The second kappa shape index (κ2) is 10.3. The van der Waals surface area contributed by atoms with Crippen LogP contribution in [0, 0.1) is 11.3 Å². The average molecular weight is 446 g/mol. The molecule has 0 saturated heterocycles. The zero-order valence-electron chi connectivity index (χ0n) is 19.7. The van der Waals surface area contributed by atoms with Gasteiger partial charge in [0.15, 0.2) is 5.11 Å². The molecule has 1 aliphatic heterocycles. The van der Waals surface area contributed by atoms with E-state index in [-0.39, 0.29) is 17.3 Å². The highest BCUT2D eigenvalue weighted by atomic mass is 32.1. The van der Waals surface area contributed by atoms with Crippen LogP contribution < -0.4 is 10.6 Å². The van der Waals surface area contributed by atoms with E-state index in [1.807, 2.05) is 43.0 Å². The van der Waals surface area contributed by atoms with E-state index in [0.29, 0.717) is 29.6 Å². The minimum absolute atomic E-state index is 0.00560. The summed E-state index contributed by atoms with van der Waals surface area (Å²) in [7, 11) is 1.38. The molecule has 1 heterocycles. The number of hydrogen-bond donors (Lipinski definition) is 2. The van der Waals surface area contributed by atoms with E-state index >= 15 is 0 Å². The maximum Gasteiger partial charge on any atom is 0.337 e. The monoisotopic (exact) mass is 445 g/mol. The van der Waals surface area contributed by atoms with Crippen molar-refractivity contribution >= 4 is 34.9 Å². The number of rotatable bonds is 7. The van der Waals surface area contributed by atoms with Crippen molar-refractivity contribution < 1.29 is 14.3 Å². The van der Waals surface area contributed by atoms with Crippen molar-refractivity contribution in [3.63, 3.8) is 0 Å². The van der Waals surface area contributed by atoms with Gasteiger partial charge in [-0.2, -0.15) is 0 Å². The molecular weight excluding hydrogens is 410 g/mol. The molecule has 31 heavy (non-hydrogen) atoms. The predicted octanol–water partition coefficient (Wildman–Crippen LogP) is 4.79. The van der Waals surface area contributed by atoms with Crippen molar-refractivity contribution in [1.29, 1.82) is 0 Å². The second-order valence-corrected chi connectivity index (χ2v) is 9.75. The summed E-state index contributed by atoms with van der Waals surface area (Å²) in [4.78, 5) is 26.8. The number of carbonyl (C=O) groups excluding carboxylic acids is 2. The van der Waals surface area contributed by atoms with Crippen LogP contribution in [-0.4, -0.2) is 35.5 Å². The lowest BCUT2D eigenvalue weighted by Crippen LogP contribution is -2.47. The smallest absolute Gasteiger partial charge is 0.337 e. The van der Waals surface area contributed by atoms with Gasteiger partial charge in [0, 0.05) is 24.4 Å². The van der Waals surface area contributed by atoms with Gasteiger partial charge in [-0.3, -0.25) is 4.79 Å². The Morgan fingerprint density at radius 1 is 1.26 bits per heavy atom. The van der Waals surface area contributed by atoms with Gasteiger partial charge in [0.2, 0.25) is 5.91 Å². The highest BCUT2D eigenvalue weighted by Crippen LogP contribution is 2.32. The highest BCUT2D eigenvalue weighted by Gasteiger charge is 2.33. The average Bonchev–Trinajstić information content (AvgIpc) is 2.66. The molecule has 0 bridgehead atoms. The van der Waals surface area contributed by atoms with Gasteiger partial charge < -0.3 is 20.3 Å². The molecule has 0 fully saturated rings. The fourth-order valence-corrected chi connectivity index (χ4v) is 4.58. The van der Waals surface area contributed by atoms with Crippen LogP contribution in [0.2, 0.25) is 0 Å². The van der Waals surface area contributed by atoms with E-state index in [1.54, 1.807) is 0 Å². The number of carbonyl (C=O) groups is 2. The second-order valence-electron chi connectivity index (χ2n) is 9.36. The lowest BCUT2D eigenvalue weighted by atomic mass is 9.84. The molecule has 1 aliphatic rings. The minimum atomic E-state index is -0.403. The molecule has 1 aromatic rings. The summed E-state index contributed by atoms with van der Waals surface area (Å²) >= 11 is 5.49. The Bertz CT molecular complexity index is 856. The van der Waals surface area contributed by atoms with Gasteiger partial charge >= 0.3 is 5.97 Å². The number of nitrogens with zero attached hydrogens (tertiary/aromatic N) is 1. The Hall–Kier alpha value is -2.41. The molecule has 7 heteroatoms. The van der Waals surface area contributed by atoms with Crippen LogP contribution in [-0.2, 0) is 14.3 Å². The van der Waals surface area contributed by atoms with Crippen molar-refractivity contribution in [2.24, 2.45) is 11.3 Å². The fraction of sp³-hybridized carbons (Fsp3) is 0.542. The Morgan fingerprint density at radius 2 is 1.87 bits per heavy atom. The van der Waals surface area contributed by atoms with E-state index in [4.69, 9.17) is 17.0 Å². The van der Waals surface area contributed by atoms with Crippen LogP contribution >= 0.6 is 12.2 Å². The van der Waals surface area contributed by atoms with E-state index in [2.05, 4.69) is 38.3 Å². The summed E-state index contributed by atoms with van der Waals surface area (Å²) in [5, 5.41) is 6.79. The summed E-state index contributed by atoms with van der Waals surface area (Å²) in [5.74, 6) is -0.0730. The highest BCUT2D eigenvalue weighted by molar-refractivity contribution is 7.80. The van der Waals surface area contributed by atoms with Crippen LogP contribution in [0.4, 0.5) is 5.69 Å². The van der Waals surface area contributed by atoms with Crippen LogP contribution in [0.25, 0.3) is 0 Å². The number of hydrogen-bond acceptors (Lipinski definition) is 4. The first-order valence-corrected chi connectivity index (χ1v) is 11.1. The van der Waals surface area contributed by atoms with Gasteiger partial charge in [0.25, 0.3) is 0 Å². The van der Waals surface area contributed by atoms with Gasteiger partial charge in [0.05, 0.1) is 18.7 Å². The summed E-state index contributed by atoms with van der Waals surface area (Å²) in [5.41, 5.74) is 3.12. The predicted molar refractivity (Wildman–Crippen MR) is 128 cm³/mol. The lowest BCUT2D eigenvalue weighted by Gasteiger charge is -2.36. The zero-order chi connectivity index (χ0) is 23.3. The molecule has 0 saturated carbocycles. The SMILES string of the molecule is CCN1C(=S)NC(c2ccc(NC(=O)CC(C)CC(C)(C)C)cc2)C(C(=O)OC)=C1C. The largest absolute Gasteiger partial charge is 0.466 e. The minimum Gasteiger partial charge on any atom is -0.466 e. The van der Waals surface area contributed by atoms with Crippen LogP contribution in [0.15, 0.2) is 35.5 Å². The number of ether oxygens (including phenoxy) is 1. The molecule has 0 aromatic heterocycles. The van der Waals surface area contributed by atoms with E-state index in [0.717, 1.165) is 23.4 Å². The van der Waals surface area contributed by atoms with Crippen molar-refractivity contribution in [2.75, 3.05) is 19.0 Å². The van der Waals surface area contributed by atoms with Gasteiger partial charge in [0.1, 0.15) is 0 Å². The third-order valence-electron chi connectivity index (χ3n) is 5.34. The maximum absolute atomic E-state index is 12.5. The number of methoxy groups -OCH3 is 1. The summed E-state index contributed by atoms with van der Waals surface area (Å²) in [6, 6.07) is 7.09. The van der Waals surface area contributed by atoms with Crippen molar-refractivity contribution in [3.8, 4) is 0 Å². The Morgan fingerprint density at radius 3 is 2.39 bits per heavy atom. The number of anilines is 1. The van der Waals surface area contributed by atoms with Crippen molar-refractivity contribution in [1.82, 2.24) is 10.2 Å². The number of amides is 1. The molecule has 2 rings (SSSR count). The fourth-order valence-electron chi connectivity index (χ4n) is 4.19. The molecule has 170 valence electrons. The summed E-state index contributed by atoms with van der Waals surface area (Å²) in [6.45, 7) is 13.2. The molecule has 1 amide bonds. The first kappa shape index (κ1) is 24.9. The number of allylic oxidation sites excluding steroid dienone is 1. The molecule has 2 unspecified atom stereocenters. The molecule has 2 atom stereocenters. The van der Waals surface area contributed by atoms with Gasteiger partial charge in [-0.05, 0) is 61.5 Å². The summed E-state index contributed by atoms with van der Waals surface area (Å²) < 4.78 is 5.02. The summed E-state index contributed by atoms with van der Waals surface area (Å²) in [6.07, 6.45) is 1.47. The van der Waals surface area contributed by atoms with Gasteiger partial charge in [-0.25, -0.2) is 4.79 Å². The molecule has 0 aliphatic carbocycles. The van der Waals surface area contributed by atoms with Gasteiger partial charge in [-0.1, -0.05) is 39.8 Å². The Balaban J connectivity index is 2.16. The first-order valence-electron chi connectivity index (χ1n) is 10.7. The molecule has 1 aromatic carbocycles. The molecule has 0 radical (unpaired) electrons. The third kappa shape index (κ3) is 6.53. The van der Waals surface area contributed by atoms with Crippen molar-refractivity contribution in [2.45, 2.75) is 60.4 Å². The molecular formula is C24H35N3O3S. The van der Waals surface area contributed by atoms with Crippen LogP contribution in [0.5, 0.6) is 0 Å². The number of esters is 1. The maximum atomic E-state index is 12.5. The topological polar surface area (TPSA) is 70.7 Å². The van der Waals surface area contributed by atoms with E-state index in [9.17, 15) is 9.59 Å². The van der Waals surface area contributed by atoms with Crippen LogP contribution in [0.3, 0.4) is 0 Å². The van der Waals surface area contributed by atoms with Gasteiger partial charge in [-0.15, -0.1) is 0 Å². The van der Waals surface area contributed by atoms with E-state index < -0.39 is 6.04 Å². The number of thiocarbonyl (C=S) groups is 1. The number of nitrogens with one attached hydrogen (secondary N) is 2. The molecule has 6 nitrogen and oxygen atoms in total. The standard InChI is InChI=1S/C24H35N3O3S/c1-8-27-16(3)20(22(29)30-7)21(26-23(27)31)17-9-11-18(12-10-17)25-19(28)13-15(2)14-24(4,5)6/h9-12,15,21H,8,13-14H2,1-7H3,(H,25,28)(H,26,31). The first-order chi connectivity index (χ1) is 14.5. The van der Waals surface area contributed by atoms with Crippen molar-refractivity contribution in [3.05, 3.63) is 41.1 Å². The molecule has 2 N–H and O–H groups in total. The zero-order valence-corrected chi connectivity index (χ0v) is 20.5. The lowest BCUT2D eigenvalue weighted by molar-refractivity contribution is -0.136. The normalized spacial score (nSPS) is 17.8. The Kier molecular flexibility index (Phi) is 8.23. The van der Waals surface area contributed by atoms with Crippen LogP contribution in [0.1, 0.15) is 66.0 Å². The third-order valence-corrected chi connectivity index (χ3v) is 5.68. The van der Waals surface area contributed by atoms with E-state index in [1.165, 1.54) is 7.11 Å². The number of benzene rings is 1. The Labute approximate surface area is 191 Å². The molecule has 0 spiro atoms. The quantitative estimate of drug-likeness (QED) is 0.465.